The predicted octanol–water partition coefficient (Wildman–Crippen LogP) is 4.22. The fourth-order valence-electron chi connectivity index (χ4n) is 4.29. The second kappa shape index (κ2) is 12.1. The van der Waals surface area contributed by atoms with Crippen molar-refractivity contribution in [2.75, 3.05) is 19.8 Å². The fourth-order valence-corrected chi connectivity index (χ4v) is 4.29. The normalized spacial score (nSPS) is 17.9. The second-order valence-electron chi connectivity index (χ2n) is 8.73. The van der Waals surface area contributed by atoms with Gasteiger partial charge in [0.05, 0.1) is 11.6 Å². The minimum Gasteiger partial charge on any atom is -0.507 e. The van der Waals surface area contributed by atoms with Crippen LogP contribution in [-0.4, -0.2) is 41.9 Å². The standard InChI is InChI=1S/C26H31FN4O2/c1-19(13-26(33)30-18-29-16-23-14-24(27)8-9-25(23)32)22-3-2-11-31(12-10-22)17-21-6-4-20(15-28)5-7-21/h4-9,14,16,19,22,32H,2-3,10-13,17-18H2,1H3,(H,30,33). The SMILES string of the molecule is CC(CC(=O)NCN=Cc1cc(F)ccc1O)C1CCCN(Cc2ccc(C#N)cc2)CC1. The summed E-state index contributed by atoms with van der Waals surface area (Å²) in [6.07, 6.45) is 5.07. The Morgan fingerprint density at radius 2 is 2.09 bits per heavy atom. The third-order valence-corrected chi connectivity index (χ3v) is 6.25. The Morgan fingerprint density at radius 1 is 1.30 bits per heavy atom. The molecule has 7 heteroatoms. The first-order valence-corrected chi connectivity index (χ1v) is 11.4. The van der Waals surface area contributed by atoms with Gasteiger partial charge in [0.2, 0.25) is 5.91 Å². The molecule has 0 saturated carbocycles. The molecule has 0 spiro atoms. The highest BCUT2D eigenvalue weighted by atomic mass is 19.1. The Morgan fingerprint density at radius 3 is 2.85 bits per heavy atom. The summed E-state index contributed by atoms with van der Waals surface area (Å²) in [6.45, 7) is 5.14. The van der Waals surface area contributed by atoms with Gasteiger partial charge < -0.3 is 10.4 Å². The number of benzene rings is 2. The predicted molar refractivity (Wildman–Crippen MR) is 126 cm³/mol. The Kier molecular flexibility index (Phi) is 8.96. The first-order valence-electron chi connectivity index (χ1n) is 11.4. The van der Waals surface area contributed by atoms with Gasteiger partial charge in [-0.1, -0.05) is 19.1 Å². The number of nitrogens with one attached hydrogen (secondary N) is 1. The Balaban J connectivity index is 1.40. The molecule has 0 aromatic heterocycles. The highest BCUT2D eigenvalue weighted by Gasteiger charge is 2.23. The molecule has 1 fully saturated rings. The average molecular weight is 451 g/mol. The van der Waals surface area contributed by atoms with Crippen molar-refractivity contribution in [3.63, 3.8) is 0 Å². The second-order valence-corrected chi connectivity index (χ2v) is 8.73. The third-order valence-electron chi connectivity index (χ3n) is 6.25. The molecule has 0 aliphatic carbocycles. The van der Waals surface area contributed by atoms with E-state index < -0.39 is 5.82 Å². The number of phenols is 1. The zero-order valence-corrected chi connectivity index (χ0v) is 19.0. The summed E-state index contributed by atoms with van der Waals surface area (Å²) >= 11 is 0. The van der Waals surface area contributed by atoms with E-state index in [-0.39, 0.29) is 29.8 Å². The van der Waals surface area contributed by atoms with Crippen molar-refractivity contribution >= 4 is 12.1 Å². The van der Waals surface area contributed by atoms with Gasteiger partial charge in [-0.15, -0.1) is 0 Å². The van der Waals surface area contributed by atoms with Crippen molar-refractivity contribution in [3.05, 3.63) is 65.0 Å². The highest BCUT2D eigenvalue weighted by Crippen LogP contribution is 2.27. The van der Waals surface area contributed by atoms with Gasteiger partial charge in [0.15, 0.2) is 0 Å². The zero-order chi connectivity index (χ0) is 23.6. The summed E-state index contributed by atoms with van der Waals surface area (Å²) < 4.78 is 13.2. The molecule has 2 unspecified atom stereocenters. The first-order chi connectivity index (χ1) is 15.9. The molecule has 2 atom stereocenters. The van der Waals surface area contributed by atoms with Crippen LogP contribution in [0.4, 0.5) is 4.39 Å². The molecule has 1 amide bonds. The van der Waals surface area contributed by atoms with Crippen LogP contribution in [0.2, 0.25) is 0 Å². The van der Waals surface area contributed by atoms with Gasteiger partial charge >= 0.3 is 0 Å². The summed E-state index contributed by atoms with van der Waals surface area (Å²) in [7, 11) is 0. The topological polar surface area (TPSA) is 88.7 Å². The van der Waals surface area contributed by atoms with Crippen molar-refractivity contribution in [2.45, 2.75) is 39.2 Å². The van der Waals surface area contributed by atoms with Crippen molar-refractivity contribution in [3.8, 4) is 11.8 Å². The molecule has 2 aromatic carbocycles. The van der Waals surface area contributed by atoms with Gasteiger partial charge in [-0.25, -0.2) is 4.39 Å². The minimum atomic E-state index is -0.453. The number of hydrogen-bond acceptors (Lipinski definition) is 5. The van der Waals surface area contributed by atoms with Crippen LogP contribution >= 0.6 is 0 Å². The van der Waals surface area contributed by atoms with Gasteiger partial charge in [0.25, 0.3) is 0 Å². The van der Waals surface area contributed by atoms with E-state index in [1.54, 1.807) is 0 Å². The fraction of sp³-hybridized carbons (Fsp3) is 0.423. The molecule has 6 nitrogen and oxygen atoms in total. The summed E-state index contributed by atoms with van der Waals surface area (Å²) in [5, 5.41) is 21.4. The number of amides is 1. The van der Waals surface area contributed by atoms with Crippen LogP contribution in [0.5, 0.6) is 5.75 Å². The number of carbonyl (C=O) groups is 1. The van der Waals surface area contributed by atoms with E-state index >= 15 is 0 Å². The van der Waals surface area contributed by atoms with E-state index in [9.17, 15) is 14.3 Å². The Bertz CT molecular complexity index is 1000. The van der Waals surface area contributed by atoms with E-state index in [1.807, 2.05) is 24.3 Å². The summed E-state index contributed by atoms with van der Waals surface area (Å²) in [5.74, 6) is 0.208. The first kappa shape index (κ1) is 24.4. The van der Waals surface area contributed by atoms with Crippen LogP contribution in [-0.2, 0) is 11.3 Å². The summed E-state index contributed by atoms with van der Waals surface area (Å²) in [5.41, 5.74) is 2.17. The van der Waals surface area contributed by atoms with Crippen LogP contribution in [0.25, 0.3) is 0 Å². The third kappa shape index (κ3) is 7.69. The lowest BCUT2D eigenvalue weighted by molar-refractivity contribution is -0.122. The molecule has 174 valence electrons. The lowest BCUT2D eigenvalue weighted by atomic mass is 9.85. The van der Waals surface area contributed by atoms with Gasteiger partial charge in [-0.05, 0) is 80.1 Å². The zero-order valence-electron chi connectivity index (χ0n) is 19.0. The average Bonchev–Trinajstić information content (AvgIpc) is 3.05. The number of phenolic OH excluding ortho intramolecular Hbond substituents is 1. The molecule has 1 saturated heterocycles. The van der Waals surface area contributed by atoms with Crippen LogP contribution < -0.4 is 5.32 Å². The van der Waals surface area contributed by atoms with Crippen molar-refractivity contribution in [1.82, 2.24) is 10.2 Å². The number of carbonyl (C=O) groups excluding carboxylic acids is 1. The molecule has 0 radical (unpaired) electrons. The molecular formula is C26H31FN4O2. The van der Waals surface area contributed by atoms with Crippen molar-refractivity contribution < 1.29 is 14.3 Å². The van der Waals surface area contributed by atoms with Crippen LogP contribution in [0.15, 0.2) is 47.5 Å². The molecular weight excluding hydrogens is 419 g/mol. The molecule has 2 N–H and O–H groups in total. The van der Waals surface area contributed by atoms with E-state index in [0.29, 0.717) is 17.9 Å². The number of nitrogens with zero attached hydrogens (tertiary/aromatic N) is 3. The molecule has 1 aliphatic heterocycles. The maximum atomic E-state index is 13.2. The number of aromatic hydroxyl groups is 1. The Hall–Kier alpha value is -3.24. The van der Waals surface area contributed by atoms with Gasteiger partial charge in [0.1, 0.15) is 18.2 Å². The quantitative estimate of drug-likeness (QED) is 0.589. The van der Waals surface area contributed by atoms with Crippen molar-refractivity contribution in [1.29, 1.82) is 5.26 Å². The van der Waals surface area contributed by atoms with Crippen LogP contribution in [0.3, 0.4) is 0 Å². The monoisotopic (exact) mass is 450 g/mol. The number of rotatable bonds is 8. The van der Waals surface area contributed by atoms with Gasteiger partial charge in [-0.2, -0.15) is 5.26 Å². The molecule has 3 rings (SSSR count). The van der Waals surface area contributed by atoms with E-state index in [4.69, 9.17) is 5.26 Å². The minimum absolute atomic E-state index is 0.0539. The largest absolute Gasteiger partial charge is 0.507 e. The van der Waals surface area contributed by atoms with Gasteiger partial charge in [-0.3, -0.25) is 14.7 Å². The Labute approximate surface area is 194 Å². The van der Waals surface area contributed by atoms with Crippen molar-refractivity contribution in [2.24, 2.45) is 16.8 Å². The number of hydrogen-bond donors (Lipinski definition) is 2. The molecule has 1 heterocycles. The number of nitriles is 1. The van der Waals surface area contributed by atoms with E-state index in [1.165, 1.54) is 30.0 Å². The molecule has 2 aromatic rings. The van der Waals surface area contributed by atoms with Crippen LogP contribution in [0.1, 0.15) is 49.3 Å². The lowest BCUT2D eigenvalue weighted by Gasteiger charge is -2.23. The highest BCUT2D eigenvalue weighted by molar-refractivity contribution is 5.83. The maximum Gasteiger partial charge on any atom is 0.221 e. The maximum absolute atomic E-state index is 13.2. The van der Waals surface area contributed by atoms with E-state index in [2.05, 4.69) is 28.2 Å². The van der Waals surface area contributed by atoms with E-state index in [0.717, 1.165) is 38.9 Å². The molecule has 33 heavy (non-hydrogen) atoms. The number of aliphatic imine (C=N–C) groups is 1. The summed E-state index contributed by atoms with van der Waals surface area (Å²) in [6, 6.07) is 13.6. The summed E-state index contributed by atoms with van der Waals surface area (Å²) in [4.78, 5) is 18.9. The lowest BCUT2D eigenvalue weighted by Crippen LogP contribution is -2.28. The van der Waals surface area contributed by atoms with Crippen LogP contribution in [0, 0.1) is 29.0 Å². The number of likely N-dealkylation sites (tertiary alicyclic amines) is 1. The molecule has 1 aliphatic rings. The van der Waals surface area contributed by atoms with Gasteiger partial charge in [0, 0.05) is 24.7 Å². The smallest absolute Gasteiger partial charge is 0.221 e. The molecule has 0 bridgehead atoms. The number of halogens is 1.